The minimum atomic E-state index is -0.916. The van der Waals surface area contributed by atoms with E-state index in [1.807, 2.05) is 24.3 Å². The van der Waals surface area contributed by atoms with Crippen molar-refractivity contribution in [1.29, 1.82) is 0 Å². The quantitative estimate of drug-likeness (QED) is 0.868. The highest BCUT2D eigenvalue weighted by atomic mass is 19.1. The summed E-state index contributed by atoms with van der Waals surface area (Å²) >= 11 is 0. The first kappa shape index (κ1) is 13.8. The van der Waals surface area contributed by atoms with Crippen molar-refractivity contribution in [3.8, 4) is 0 Å². The topological polar surface area (TPSA) is 20.2 Å². The Balaban J connectivity index is 2.33. The third-order valence-corrected chi connectivity index (χ3v) is 3.44. The van der Waals surface area contributed by atoms with E-state index in [-0.39, 0.29) is 5.82 Å². The summed E-state index contributed by atoms with van der Waals surface area (Å²) in [7, 11) is 0. The maximum atomic E-state index is 14.0. The number of halogens is 1. The number of hydrogen-bond acceptors (Lipinski definition) is 1. The van der Waals surface area contributed by atoms with Gasteiger partial charge in [0.25, 0.3) is 0 Å². The van der Waals surface area contributed by atoms with Crippen LogP contribution in [-0.4, -0.2) is 5.11 Å². The zero-order valence-corrected chi connectivity index (χ0v) is 11.5. The number of rotatable bonds is 3. The lowest BCUT2D eigenvalue weighted by Gasteiger charge is -2.14. The van der Waals surface area contributed by atoms with Gasteiger partial charge in [0.05, 0.1) is 0 Å². The lowest BCUT2D eigenvalue weighted by molar-refractivity contribution is 0.214. The molecule has 2 heteroatoms. The molecule has 0 heterocycles. The molecule has 2 aromatic carbocycles. The van der Waals surface area contributed by atoms with E-state index in [9.17, 15) is 9.50 Å². The van der Waals surface area contributed by atoms with Crippen molar-refractivity contribution in [2.45, 2.75) is 32.8 Å². The van der Waals surface area contributed by atoms with Gasteiger partial charge in [0.15, 0.2) is 0 Å². The second kappa shape index (κ2) is 5.54. The summed E-state index contributed by atoms with van der Waals surface area (Å²) in [6.07, 6.45) is -0.916. The molecule has 19 heavy (non-hydrogen) atoms. The zero-order valence-electron chi connectivity index (χ0n) is 11.5. The van der Waals surface area contributed by atoms with Crippen LogP contribution in [0.5, 0.6) is 0 Å². The average molecular weight is 258 g/mol. The normalized spacial score (nSPS) is 12.7. The van der Waals surface area contributed by atoms with Gasteiger partial charge in [-0.15, -0.1) is 0 Å². The second-order valence-corrected chi connectivity index (χ2v) is 5.20. The molecule has 2 aromatic rings. The minimum Gasteiger partial charge on any atom is -0.384 e. The highest BCUT2D eigenvalue weighted by molar-refractivity contribution is 5.35. The highest BCUT2D eigenvalue weighted by Crippen LogP contribution is 2.27. The second-order valence-electron chi connectivity index (χ2n) is 5.20. The lowest BCUT2D eigenvalue weighted by atomic mass is 9.96. The van der Waals surface area contributed by atoms with E-state index in [0.717, 1.165) is 0 Å². The molecule has 0 saturated heterocycles. The smallest absolute Gasteiger partial charge is 0.132 e. The fourth-order valence-corrected chi connectivity index (χ4v) is 2.12. The molecule has 1 atom stereocenters. The van der Waals surface area contributed by atoms with Gasteiger partial charge in [-0.25, -0.2) is 4.39 Å². The maximum absolute atomic E-state index is 14.0. The summed E-state index contributed by atoms with van der Waals surface area (Å²) in [4.78, 5) is 0. The Hall–Kier alpha value is -1.67. The largest absolute Gasteiger partial charge is 0.384 e. The number of aryl methyl sites for hydroxylation is 1. The van der Waals surface area contributed by atoms with Gasteiger partial charge in [0.2, 0.25) is 0 Å². The van der Waals surface area contributed by atoms with E-state index in [4.69, 9.17) is 0 Å². The maximum Gasteiger partial charge on any atom is 0.132 e. The van der Waals surface area contributed by atoms with Crippen LogP contribution in [0.3, 0.4) is 0 Å². The molecule has 0 aromatic heterocycles. The molecule has 0 radical (unpaired) electrons. The number of aliphatic hydroxyl groups excluding tert-OH is 1. The van der Waals surface area contributed by atoms with Crippen LogP contribution in [0.15, 0.2) is 42.5 Å². The SMILES string of the molecule is Cc1cccc(C(O)c2ccc(C(C)C)cc2)c1F. The Morgan fingerprint density at radius 2 is 1.53 bits per heavy atom. The fraction of sp³-hybridized carbons (Fsp3) is 0.294. The van der Waals surface area contributed by atoms with Crippen molar-refractivity contribution >= 4 is 0 Å². The molecular weight excluding hydrogens is 239 g/mol. The van der Waals surface area contributed by atoms with E-state index in [1.165, 1.54) is 5.56 Å². The molecular formula is C17H19FO. The number of benzene rings is 2. The Kier molecular flexibility index (Phi) is 4.01. The Morgan fingerprint density at radius 1 is 0.947 bits per heavy atom. The van der Waals surface area contributed by atoms with Gasteiger partial charge >= 0.3 is 0 Å². The predicted octanol–water partition coefficient (Wildman–Crippen LogP) is 4.34. The van der Waals surface area contributed by atoms with Gasteiger partial charge < -0.3 is 5.11 Å². The van der Waals surface area contributed by atoms with Crippen molar-refractivity contribution < 1.29 is 9.50 Å². The molecule has 1 unspecified atom stereocenters. The first-order valence-electron chi connectivity index (χ1n) is 6.53. The third kappa shape index (κ3) is 2.85. The van der Waals surface area contributed by atoms with Crippen LogP contribution in [0, 0.1) is 12.7 Å². The van der Waals surface area contributed by atoms with Crippen LogP contribution in [-0.2, 0) is 0 Å². The van der Waals surface area contributed by atoms with Crippen LogP contribution >= 0.6 is 0 Å². The summed E-state index contributed by atoms with van der Waals surface area (Å²) in [5.74, 6) is 0.116. The standard InChI is InChI=1S/C17H19FO/c1-11(2)13-7-9-14(10-8-13)17(19)15-6-4-5-12(3)16(15)18/h4-11,17,19H,1-3H3. The molecule has 1 nitrogen and oxygen atoms in total. The summed E-state index contributed by atoms with van der Waals surface area (Å²) in [5, 5.41) is 10.3. The van der Waals surface area contributed by atoms with Gasteiger partial charge in [-0.3, -0.25) is 0 Å². The van der Waals surface area contributed by atoms with Crippen LogP contribution in [0.4, 0.5) is 4.39 Å². The molecule has 0 aliphatic carbocycles. The summed E-state index contributed by atoms with van der Waals surface area (Å²) in [6, 6.07) is 12.8. The summed E-state index contributed by atoms with van der Waals surface area (Å²) in [5.41, 5.74) is 2.81. The molecule has 0 bridgehead atoms. The van der Waals surface area contributed by atoms with E-state index < -0.39 is 6.10 Å². The summed E-state index contributed by atoms with van der Waals surface area (Å²) in [6.45, 7) is 5.94. The predicted molar refractivity (Wildman–Crippen MR) is 75.7 cm³/mol. The van der Waals surface area contributed by atoms with E-state index in [0.29, 0.717) is 22.6 Å². The van der Waals surface area contributed by atoms with Crippen LogP contribution < -0.4 is 0 Å². The number of hydrogen-bond donors (Lipinski definition) is 1. The molecule has 100 valence electrons. The Bertz CT molecular complexity index is 558. The third-order valence-electron chi connectivity index (χ3n) is 3.44. The van der Waals surface area contributed by atoms with Crippen molar-refractivity contribution in [3.05, 3.63) is 70.5 Å². The van der Waals surface area contributed by atoms with Crippen molar-refractivity contribution in [2.24, 2.45) is 0 Å². The first-order valence-corrected chi connectivity index (χ1v) is 6.53. The van der Waals surface area contributed by atoms with E-state index in [1.54, 1.807) is 25.1 Å². The molecule has 1 N–H and O–H groups in total. The van der Waals surface area contributed by atoms with Crippen LogP contribution in [0.1, 0.15) is 48.1 Å². The minimum absolute atomic E-state index is 0.331. The van der Waals surface area contributed by atoms with Crippen molar-refractivity contribution in [1.82, 2.24) is 0 Å². The monoisotopic (exact) mass is 258 g/mol. The Labute approximate surface area is 113 Å². The Morgan fingerprint density at radius 3 is 2.11 bits per heavy atom. The molecule has 2 rings (SSSR count). The van der Waals surface area contributed by atoms with Crippen molar-refractivity contribution in [2.75, 3.05) is 0 Å². The molecule has 0 spiro atoms. The van der Waals surface area contributed by atoms with E-state index in [2.05, 4.69) is 13.8 Å². The van der Waals surface area contributed by atoms with Crippen LogP contribution in [0.2, 0.25) is 0 Å². The van der Waals surface area contributed by atoms with Gasteiger partial charge in [-0.1, -0.05) is 56.3 Å². The van der Waals surface area contributed by atoms with Gasteiger partial charge in [0, 0.05) is 5.56 Å². The van der Waals surface area contributed by atoms with Gasteiger partial charge in [0.1, 0.15) is 11.9 Å². The van der Waals surface area contributed by atoms with Gasteiger partial charge in [-0.2, -0.15) is 0 Å². The van der Waals surface area contributed by atoms with Gasteiger partial charge in [-0.05, 0) is 29.5 Å². The zero-order chi connectivity index (χ0) is 14.0. The molecule has 0 saturated carbocycles. The lowest BCUT2D eigenvalue weighted by Crippen LogP contribution is -2.04. The van der Waals surface area contributed by atoms with E-state index >= 15 is 0 Å². The summed E-state index contributed by atoms with van der Waals surface area (Å²) < 4.78 is 14.0. The average Bonchev–Trinajstić information content (AvgIpc) is 2.41. The number of aliphatic hydroxyl groups is 1. The highest BCUT2D eigenvalue weighted by Gasteiger charge is 2.16. The fourth-order valence-electron chi connectivity index (χ4n) is 2.12. The molecule has 0 amide bonds. The van der Waals surface area contributed by atoms with Crippen LogP contribution in [0.25, 0.3) is 0 Å². The first-order chi connectivity index (χ1) is 9.00. The van der Waals surface area contributed by atoms with Crippen molar-refractivity contribution in [3.63, 3.8) is 0 Å². The molecule has 0 fully saturated rings. The molecule has 0 aliphatic heterocycles. The molecule has 0 aliphatic rings.